The van der Waals surface area contributed by atoms with Gasteiger partial charge in [0.25, 0.3) is 5.92 Å². The van der Waals surface area contributed by atoms with Gasteiger partial charge in [0.05, 0.1) is 12.1 Å². The molecule has 2 fully saturated rings. The zero-order valence-electron chi connectivity index (χ0n) is 6.91. The van der Waals surface area contributed by atoms with Crippen molar-refractivity contribution in [3.05, 3.63) is 0 Å². The van der Waals surface area contributed by atoms with Crippen molar-refractivity contribution in [1.29, 1.82) is 0 Å². The summed E-state index contributed by atoms with van der Waals surface area (Å²) < 4.78 is 31.3. The zero-order valence-corrected chi connectivity index (χ0v) is 6.91. The predicted molar refractivity (Wildman–Crippen MR) is 40.4 cm³/mol. The molecule has 0 saturated carbocycles. The molecule has 2 rings (SSSR count). The maximum atomic E-state index is 13.0. The predicted octanol–water partition coefficient (Wildman–Crippen LogP) is 1.16. The van der Waals surface area contributed by atoms with Crippen LogP contribution in [-0.2, 0) is 4.74 Å². The average Bonchev–Trinajstić information content (AvgIpc) is 2.34. The molecule has 2 aliphatic rings. The van der Waals surface area contributed by atoms with E-state index in [0.717, 1.165) is 12.8 Å². The van der Waals surface area contributed by atoms with Crippen molar-refractivity contribution in [1.82, 2.24) is 5.32 Å². The second-order valence-electron chi connectivity index (χ2n) is 3.77. The quantitative estimate of drug-likeness (QED) is 0.599. The van der Waals surface area contributed by atoms with Crippen LogP contribution in [0.15, 0.2) is 0 Å². The van der Waals surface area contributed by atoms with Gasteiger partial charge in [-0.3, -0.25) is 0 Å². The van der Waals surface area contributed by atoms with Crippen molar-refractivity contribution < 1.29 is 13.5 Å². The van der Waals surface area contributed by atoms with Gasteiger partial charge >= 0.3 is 0 Å². The summed E-state index contributed by atoms with van der Waals surface area (Å²) in [6, 6.07) is 0. The van der Waals surface area contributed by atoms with Crippen LogP contribution < -0.4 is 5.32 Å². The van der Waals surface area contributed by atoms with Gasteiger partial charge in [0.15, 0.2) is 0 Å². The fourth-order valence-electron chi connectivity index (χ4n) is 2.10. The lowest BCUT2D eigenvalue weighted by molar-refractivity contribution is -0.119. The smallest absolute Gasteiger partial charge is 0.263 e. The highest BCUT2D eigenvalue weighted by molar-refractivity contribution is 4.96. The van der Waals surface area contributed by atoms with Crippen molar-refractivity contribution in [2.45, 2.75) is 30.8 Å². The van der Waals surface area contributed by atoms with Crippen molar-refractivity contribution in [3.8, 4) is 0 Å². The van der Waals surface area contributed by atoms with Crippen molar-refractivity contribution in [3.63, 3.8) is 0 Å². The maximum absolute atomic E-state index is 13.0. The molecular weight excluding hydrogens is 164 g/mol. The molecule has 70 valence electrons. The van der Waals surface area contributed by atoms with Crippen molar-refractivity contribution in [2.24, 2.45) is 0 Å². The summed E-state index contributed by atoms with van der Waals surface area (Å²) in [5.41, 5.74) is -0.554. The van der Waals surface area contributed by atoms with Crippen molar-refractivity contribution in [2.75, 3.05) is 19.7 Å². The molecule has 0 aromatic carbocycles. The molecule has 1 N–H and O–H groups in total. The SMILES string of the molecule is FC1(F)CNCC2(CCCO2)C1. The first-order valence-electron chi connectivity index (χ1n) is 4.35. The monoisotopic (exact) mass is 177 g/mol. The molecule has 4 heteroatoms. The Bertz CT molecular complexity index is 178. The fourth-order valence-corrected chi connectivity index (χ4v) is 2.10. The maximum Gasteiger partial charge on any atom is 0.263 e. The van der Waals surface area contributed by atoms with Crippen LogP contribution in [0.3, 0.4) is 0 Å². The lowest BCUT2D eigenvalue weighted by atomic mass is 9.89. The van der Waals surface area contributed by atoms with E-state index in [0.29, 0.717) is 13.2 Å². The van der Waals surface area contributed by atoms with E-state index in [1.807, 2.05) is 0 Å². The number of hydrogen-bond donors (Lipinski definition) is 1. The molecule has 0 aromatic rings. The van der Waals surface area contributed by atoms with E-state index in [9.17, 15) is 8.78 Å². The van der Waals surface area contributed by atoms with E-state index in [1.54, 1.807) is 0 Å². The van der Waals surface area contributed by atoms with Crippen LogP contribution in [-0.4, -0.2) is 31.2 Å². The van der Waals surface area contributed by atoms with Crippen LogP contribution in [0.25, 0.3) is 0 Å². The van der Waals surface area contributed by atoms with Crippen LogP contribution >= 0.6 is 0 Å². The third-order valence-corrected chi connectivity index (χ3v) is 2.60. The Hall–Kier alpha value is -0.220. The Kier molecular flexibility index (Phi) is 1.84. The highest BCUT2D eigenvalue weighted by Crippen LogP contribution is 2.37. The summed E-state index contributed by atoms with van der Waals surface area (Å²) in [5, 5.41) is 2.73. The van der Waals surface area contributed by atoms with Crippen LogP contribution in [0, 0.1) is 0 Å². The molecule has 0 radical (unpaired) electrons. The third kappa shape index (κ3) is 1.45. The van der Waals surface area contributed by atoms with Gasteiger partial charge in [-0.1, -0.05) is 0 Å². The molecule has 2 nitrogen and oxygen atoms in total. The van der Waals surface area contributed by atoms with E-state index in [1.165, 1.54) is 0 Å². The van der Waals surface area contributed by atoms with E-state index < -0.39 is 11.5 Å². The summed E-state index contributed by atoms with van der Waals surface area (Å²) >= 11 is 0. The minimum Gasteiger partial charge on any atom is -0.373 e. The van der Waals surface area contributed by atoms with Gasteiger partial charge in [0.1, 0.15) is 0 Å². The first kappa shape index (κ1) is 8.38. The molecule has 2 heterocycles. The van der Waals surface area contributed by atoms with Gasteiger partial charge in [0.2, 0.25) is 0 Å². The number of nitrogens with one attached hydrogen (secondary N) is 1. The molecule has 0 bridgehead atoms. The average molecular weight is 177 g/mol. The minimum absolute atomic E-state index is 0.104. The van der Waals surface area contributed by atoms with Crippen LogP contribution in [0.5, 0.6) is 0 Å². The highest BCUT2D eigenvalue weighted by Gasteiger charge is 2.48. The van der Waals surface area contributed by atoms with Crippen LogP contribution in [0.4, 0.5) is 8.78 Å². The molecule has 0 amide bonds. The summed E-state index contributed by atoms with van der Waals surface area (Å²) in [5.74, 6) is -2.58. The molecule has 0 aliphatic carbocycles. The fraction of sp³-hybridized carbons (Fsp3) is 1.00. The van der Waals surface area contributed by atoms with Crippen LogP contribution in [0.1, 0.15) is 19.3 Å². The highest BCUT2D eigenvalue weighted by atomic mass is 19.3. The molecule has 2 aliphatic heterocycles. The lowest BCUT2D eigenvalue weighted by Crippen LogP contribution is -2.54. The van der Waals surface area contributed by atoms with E-state index >= 15 is 0 Å². The van der Waals surface area contributed by atoms with Gasteiger partial charge in [-0.15, -0.1) is 0 Å². The second-order valence-corrected chi connectivity index (χ2v) is 3.77. The lowest BCUT2D eigenvalue weighted by Gasteiger charge is -2.37. The third-order valence-electron chi connectivity index (χ3n) is 2.60. The minimum atomic E-state index is -2.58. The number of halogens is 2. The zero-order chi connectivity index (χ0) is 8.66. The molecule has 0 aromatic heterocycles. The number of ether oxygens (including phenoxy) is 1. The summed E-state index contributed by atoms with van der Waals surface area (Å²) in [7, 11) is 0. The van der Waals surface area contributed by atoms with E-state index in [4.69, 9.17) is 4.74 Å². The summed E-state index contributed by atoms with van der Waals surface area (Å²) in [6.45, 7) is 1.03. The number of piperidine rings is 1. The largest absolute Gasteiger partial charge is 0.373 e. The Morgan fingerprint density at radius 3 is 2.67 bits per heavy atom. The Labute approximate surface area is 70.3 Å². The Balaban J connectivity index is 2.07. The van der Waals surface area contributed by atoms with Gasteiger partial charge in [0, 0.05) is 19.6 Å². The van der Waals surface area contributed by atoms with Gasteiger partial charge < -0.3 is 10.1 Å². The first-order valence-corrected chi connectivity index (χ1v) is 4.35. The van der Waals surface area contributed by atoms with E-state index in [2.05, 4.69) is 5.32 Å². The number of rotatable bonds is 0. The van der Waals surface area contributed by atoms with Gasteiger partial charge in [-0.25, -0.2) is 8.78 Å². The van der Waals surface area contributed by atoms with Crippen LogP contribution in [0.2, 0.25) is 0 Å². The summed E-state index contributed by atoms with van der Waals surface area (Å²) in [4.78, 5) is 0. The molecule has 1 atom stereocenters. The molecule has 1 unspecified atom stereocenters. The Morgan fingerprint density at radius 1 is 1.25 bits per heavy atom. The number of alkyl halides is 2. The molecule has 2 saturated heterocycles. The topological polar surface area (TPSA) is 21.3 Å². The van der Waals surface area contributed by atoms with Gasteiger partial charge in [-0.05, 0) is 12.8 Å². The number of hydrogen-bond acceptors (Lipinski definition) is 2. The standard InChI is InChI=1S/C8H13F2NO/c9-8(10)4-7(5-11-6-8)2-1-3-12-7/h11H,1-6H2. The van der Waals surface area contributed by atoms with Crippen molar-refractivity contribution >= 4 is 0 Å². The molecular formula is C8H13F2NO. The first-order chi connectivity index (χ1) is 5.62. The Morgan fingerprint density at radius 2 is 2.08 bits per heavy atom. The van der Waals surface area contributed by atoms with E-state index in [-0.39, 0.29) is 13.0 Å². The molecule has 1 spiro atoms. The molecule has 12 heavy (non-hydrogen) atoms. The normalized spacial score (nSPS) is 40.5. The second kappa shape index (κ2) is 2.64. The summed E-state index contributed by atoms with van der Waals surface area (Å²) in [6.07, 6.45) is 1.58. The van der Waals surface area contributed by atoms with Gasteiger partial charge in [-0.2, -0.15) is 0 Å².